The first-order valence-electron chi connectivity index (χ1n) is 4.95. The Balaban J connectivity index is 2.57. The van der Waals surface area contributed by atoms with Crippen molar-refractivity contribution in [1.82, 2.24) is 4.98 Å². The Hall–Kier alpha value is -0.900. The van der Waals surface area contributed by atoms with Crippen molar-refractivity contribution in [2.75, 3.05) is 0 Å². The van der Waals surface area contributed by atoms with Gasteiger partial charge in [-0.25, -0.2) is 4.98 Å². The Kier molecular flexibility index (Phi) is 3.28. The summed E-state index contributed by atoms with van der Waals surface area (Å²) >= 11 is 7.20. The molecular formula is C12H12ClNOS. The maximum atomic E-state index is 9.24. The van der Waals surface area contributed by atoms with Gasteiger partial charge in [0.25, 0.3) is 0 Å². The standard InChI is InChI=1S/C12H12ClNOS/c1-7-3-8(2)5-9(4-7)11-10(6-15)16-12(13)14-11/h3-5,15H,6H2,1-2H3. The van der Waals surface area contributed by atoms with E-state index in [4.69, 9.17) is 11.6 Å². The molecule has 0 aliphatic carbocycles. The third kappa shape index (κ3) is 2.26. The third-order valence-corrected chi connectivity index (χ3v) is 3.45. The van der Waals surface area contributed by atoms with E-state index in [9.17, 15) is 5.11 Å². The molecule has 0 radical (unpaired) electrons. The lowest BCUT2D eigenvalue weighted by atomic mass is 10.0. The van der Waals surface area contributed by atoms with Gasteiger partial charge >= 0.3 is 0 Å². The number of aryl methyl sites for hydroxylation is 2. The number of hydrogen-bond donors (Lipinski definition) is 1. The number of aliphatic hydroxyl groups is 1. The van der Waals surface area contributed by atoms with Gasteiger partial charge in [0.15, 0.2) is 4.47 Å². The number of thiazole rings is 1. The minimum Gasteiger partial charge on any atom is -0.391 e. The first kappa shape index (κ1) is 11.6. The molecule has 0 unspecified atom stereocenters. The Labute approximate surface area is 104 Å². The number of halogens is 1. The van der Waals surface area contributed by atoms with Gasteiger partial charge in [-0.15, -0.1) is 11.3 Å². The summed E-state index contributed by atoms with van der Waals surface area (Å²) in [5.74, 6) is 0. The largest absolute Gasteiger partial charge is 0.391 e. The minimum absolute atomic E-state index is 0.0211. The Morgan fingerprint density at radius 3 is 2.44 bits per heavy atom. The highest BCUT2D eigenvalue weighted by Gasteiger charge is 2.11. The zero-order chi connectivity index (χ0) is 11.7. The number of nitrogens with zero attached hydrogens (tertiary/aromatic N) is 1. The van der Waals surface area contributed by atoms with E-state index >= 15 is 0 Å². The fraction of sp³-hybridized carbons (Fsp3) is 0.250. The molecule has 0 fully saturated rings. The molecule has 4 heteroatoms. The maximum absolute atomic E-state index is 9.24. The normalized spacial score (nSPS) is 10.8. The van der Waals surface area contributed by atoms with Crippen molar-refractivity contribution in [3.8, 4) is 11.3 Å². The van der Waals surface area contributed by atoms with Gasteiger partial charge < -0.3 is 5.11 Å². The number of hydrogen-bond acceptors (Lipinski definition) is 3. The molecule has 16 heavy (non-hydrogen) atoms. The number of rotatable bonds is 2. The van der Waals surface area contributed by atoms with Gasteiger partial charge in [-0.2, -0.15) is 0 Å². The summed E-state index contributed by atoms with van der Waals surface area (Å²) in [7, 11) is 0. The van der Waals surface area contributed by atoms with Crippen LogP contribution >= 0.6 is 22.9 Å². The van der Waals surface area contributed by atoms with Crippen LogP contribution in [0.1, 0.15) is 16.0 Å². The molecule has 84 valence electrons. The van der Waals surface area contributed by atoms with E-state index in [2.05, 4.69) is 23.2 Å². The Morgan fingerprint density at radius 2 is 1.88 bits per heavy atom. The average Bonchev–Trinajstić information content (AvgIpc) is 2.58. The van der Waals surface area contributed by atoms with Crippen molar-refractivity contribution >= 4 is 22.9 Å². The summed E-state index contributed by atoms with van der Waals surface area (Å²) in [5.41, 5.74) is 4.18. The molecule has 0 bridgehead atoms. The molecule has 2 aromatic rings. The highest BCUT2D eigenvalue weighted by Crippen LogP contribution is 2.31. The lowest BCUT2D eigenvalue weighted by molar-refractivity contribution is 0.286. The van der Waals surface area contributed by atoms with Crippen LogP contribution in [0, 0.1) is 13.8 Å². The summed E-state index contributed by atoms with van der Waals surface area (Å²) in [5, 5.41) is 9.24. The molecule has 1 N–H and O–H groups in total. The Morgan fingerprint density at radius 1 is 1.25 bits per heavy atom. The lowest BCUT2D eigenvalue weighted by Gasteiger charge is -2.03. The van der Waals surface area contributed by atoms with E-state index in [1.807, 2.05) is 13.8 Å². The summed E-state index contributed by atoms with van der Waals surface area (Å²) in [4.78, 5) is 5.07. The molecule has 2 nitrogen and oxygen atoms in total. The molecule has 0 amide bonds. The van der Waals surface area contributed by atoms with E-state index in [1.54, 1.807) is 0 Å². The quantitative estimate of drug-likeness (QED) is 0.888. The number of aliphatic hydroxyl groups excluding tert-OH is 1. The van der Waals surface area contributed by atoms with Crippen LogP contribution in [0.15, 0.2) is 18.2 Å². The second-order valence-corrected chi connectivity index (χ2v) is 5.44. The highest BCUT2D eigenvalue weighted by molar-refractivity contribution is 7.16. The van der Waals surface area contributed by atoms with Crippen molar-refractivity contribution in [3.05, 3.63) is 38.7 Å². The van der Waals surface area contributed by atoms with E-state index in [-0.39, 0.29) is 6.61 Å². The monoisotopic (exact) mass is 253 g/mol. The van der Waals surface area contributed by atoms with Crippen LogP contribution < -0.4 is 0 Å². The molecule has 0 aliphatic heterocycles. The van der Waals surface area contributed by atoms with Gasteiger partial charge in [0.2, 0.25) is 0 Å². The van der Waals surface area contributed by atoms with Crippen LogP contribution in [0.25, 0.3) is 11.3 Å². The van der Waals surface area contributed by atoms with Gasteiger partial charge in [-0.3, -0.25) is 0 Å². The second-order valence-electron chi connectivity index (χ2n) is 3.77. The zero-order valence-corrected chi connectivity index (χ0v) is 10.7. The fourth-order valence-electron chi connectivity index (χ4n) is 1.77. The van der Waals surface area contributed by atoms with Gasteiger partial charge in [-0.05, 0) is 26.0 Å². The zero-order valence-electron chi connectivity index (χ0n) is 9.12. The maximum Gasteiger partial charge on any atom is 0.184 e. The topological polar surface area (TPSA) is 33.1 Å². The van der Waals surface area contributed by atoms with Crippen LogP contribution in [0.5, 0.6) is 0 Å². The summed E-state index contributed by atoms with van der Waals surface area (Å²) in [6.45, 7) is 4.07. The van der Waals surface area contributed by atoms with Gasteiger partial charge in [-0.1, -0.05) is 28.8 Å². The van der Waals surface area contributed by atoms with E-state index in [0.29, 0.717) is 4.47 Å². The van der Waals surface area contributed by atoms with Crippen molar-refractivity contribution in [2.45, 2.75) is 20.5 Å². The van der Waals surface area contributed by atoms with Gasteiger partial charge in [0, 0.05) is 5.56 Å². The summed E-state index contributed by atoms with van der Waals surface area (Å²) in [6.07, 6.45) is 0. The van der Waals surface area contributed by atoms with Crippen LogP contribution in [-0.4, -0.2) is 10.1 Å². The molecule has 0 spiro atoms. The highest BCUT2D eigenvalue weighted by atomic mass is 35.5. The molecule has 0 saturated carbocycles. The molecule has 1 aromatic carbocycles. The SMILES string of the molecule is Cc1cc(C)cc(-c2nc(Cl)sc2CO)c1. The second kappa shape index (κ2) is 4.53. The first-order chi connectivity index (χ1) is 7.60. The van der Waals surface area contributed by atoms with Crippen LogP contribution in [0.2, 0.25) is 4.47 Å². The van der Waals surface area contributed by atoms with E-state index < -0.39 is 0 Å². The third-order valence-electron chi connectivity index (χ3n) is 2.31. The van der Waals surface area contributed by atoms with Crippen molar-refractivity contribution < 1.29 is 5.11 Å². The van der Waals surface area contributed by atoms with Crippen LogP contribution in [0.4, 0.5) is 0 Å². The molecule has 2 rings (SSSR count). The predicted molar refractivity (Wildman–Crippen MR) is 68.0 cm³/mol. The van der Waals surface area contributed by atoms with E-state index in [0.717, 1.165) is 16.1 Å². The minimum atomic E-state index is -0.0211. The average molecular weight is 254 g/mol. The van der Waals surface area contributed by atoms with Crippen molar-refractivity contribution in [3.63, 3.8) is 0 Å². The molecule has 0 aliphatic rings. The molecule has 0 atom stereocenters. The van der Waals surface area contributed by atoms with Crippen molar-refractivity contribution in [1.29, 1.82) is 0 Å². The fourth-order valence-corrected chi connectivity index (χ4v) is 2.80. The predicted octanol–water partition coefficient (Wildman–Crippen LogP) is 3.57. The molecular weight excluding hydrogens is 242 g/mol. The molecule has 0 saturated heterocycles. The summed E-state index contributed by atoms with van der Waals surface area (Å²) in [6, 6.07) is 6.21. The van der Waals surface area contributed by atoms with Crippen LogP contribution in [0.3, 0.4) is 0 Å². The van der Waals surface area contributed by atoms with Gasteiger partial charge in [0.05, 0.1) is 17.2 Å². The van der Waals surface area contributed by atoms with E-state index in [1.165, 1.54) is 22.5 Å². The lowest BCUT2D eigenvalue weighted by Crippen LogP contribution is -1.87. The summed E-state index contributed by atoms with van der Waals surface area (Å²) < 4.78 is 0.471. The smallest absolute Gasteiger partial charge is 0.184 e. The molecule has 1 aromatic heterocycles. The first-order valence-corrected chi connectivity index (χ1v) is 6.14. The number of aromatic nitrogens is 1. The van der Waals surface area contributed by atoms with Gasteiger partial charge in [0.1, 0.15) is 0 Å². The van der Waals surface area contributed by atoms with Crippen LogP contribution in [-0.2, 0) is 6.61 Å². The number of benzene rings is 1. The van der Waals surface area contributed by atoms with Crippen molar-refractivity contribution in [2.24, 2.45) is 0 Å². The molecule has 1 heterocycles. The Bertz CT molecular complexity index is 501.